The Morgan fingerprint density at radius 3 is 2.75 bits per heavy atom. The van der Waals surface area contributed by atoms with Crippen LogP contribution >= 0.6 is 0 Å². The van der Waals surface area contributed by atoms with E-state index in [1.807, 2.05) is 12.1 Å². The number of rotatable bonds is 2. The maximum atomic E-state index is 11.1. The van der Waals surface area contributed by atoms with Gasteiger partial charge in [-0.3, -0.25) is 0 Å². The first-order chi connectivity index (χ1) is 11.6. The van der Waals surface area contributed by atoms with E-state index >= 15 is 0 Å². The van der Waals surface area contributed by atoms with Gasteiger partial charge >= 0.3 is 5.97 Å². The molecule has 4 rings (SSSR count). The highest BCUT2D eigenvalue weighted by atomic mass is 16.5. The second-order valence-corrected chi connectivity index (χ2v) is 6.74. The van der Waals surface area contributed by atoms with E-state index in [0.29, 0.717) is 11.5 Å². The van der Waals surface area contributed by atoms with Crippen LogP contribution < -0.4 is 5.32 Å². The van der Waals surface area contributed by atoms with Gasteiger partial charge in [0.1, 0.15) is 0 Å². The molecule has 1 fully saturated rings. The molecule has 0 saturated carbocycles. The number of aromatic carboxylic acids is 1. The van der Waals surface area contributed by atoms with Crippen molar-refractivity contribution in [2.24, 2.45) is 5.92 Å². The van der Waals surface area contributed by atoms with Crippen LogP contribution in [-0.2, 0) is 4.74 Å². The maximum Gasteiger partial charge on any atom is 0.335 e. The summed E-state index contributed by atoms with van der Waals surface area (Å²) in [4.78, 5) is 11.1. The highest BCUT2D eigenvalue weighted by Gasteiger charge is 2.39. The van der Waals surface area contributed by atoms with Crippen LogP contribution in [0.5, 0.6) is 0 Å². The van der Waals surface area contributed by atoms with E-state index in [2.05, 4.69) is 30.4 Å². The molecular formula is C20H21NO3. The summed E-state index contributed by atoms with van der Waals surface area (Å²) in [6, 6.07) is 13.8. The highest BCUT2D eigenvalue weighted by molar-refractivity contribution is 5.87. The number of benzene rings is 2. The zero-order valence-electron chi connectivity index (χ0n) is 13.7. The second kappa shape index (κ2) is 5.95. The van der Waals surface area contributed by atoms with E-state index in [-0.39, 0.29) is 12.1 Å². The Labute approximate surface area is 141 Å². The van der Waals surface area contributed by atoms with Crippen molar-refractivity contribution in [2.45, 2.75) is 31.9 Å². The highest BCUT2D eigenvalue weighted by Crippen LogP contribution is 2.49. The van der Waals surface area contributed by atoms with Crippen LogP contribution in [-0.4, -0.2) is 17.7 Å². The van der Waals surface area contributed by atoms with Crippen LogP contribution in [0.15, 0.2) is 42.5 Å². The second-order valence-electron chi connectivity index (χ2n) is 6.74. The number of carboxylic acid groups (broad SMARTS) is 1. The molecule has 0 bridgehead atoms. The van der Waals surface area contributed by atoms with Gasteiger partial charge in [-0.2, -0.15) is 0 Å². The summed E-state index contributed by atoms with van der Waals surface area (Å²) in [5.74, 6) is -0.526. The van der Waals surface area contributed by atoms with Gasteiger partial charge in [0, 0.05) is 23.8 Å². The standard InChI is InChI=1S/C20H21NO3/c1-12-4-9-17-16(11-12)19-15(3-2-10-24-19)18(21-17)13-5-7-14(8-6-13)20(22)23/h4-9,11,15,18-19,21H,2-3,10H2,1H3,(H,22,23)/t15-,18+,19-/m1/s1. The van der Waals surface area contributed by atoms with Crippen LogP contribution in [0.2, 0.25) is 0 Å². The third kappa shape index (κ3) is 2.57. The summed E-state index contributed by atoms with van der Waals surface area (Å²) >= 11 is 0. The number of anilines is 1. The minimum absolute atomic E-state index is 0.110. The van der Waals surface area contributed by atoms with Gasteiger partial charge in [0.05, 0.1) is 17.7 Å². The Morgan fingerprint density at radius 2 is 2.00 bits per heavy atom. The molecule has 0 unspecified atom stereocenters. The summed E-state index contributed by atoms with van der Waals surface area (Å²) in [5, 5.41) is 12.8. The fourth-order valence-corrected chi connectivity index (χ4v) is 3.95. The summed E-state index contributed by atoms with van der Waals surface area (Å²) in [6.07, 6.45) is 2.28. The summed E-state index contributed by atoms with van der Waals surface area (Å²) < 4.78 is 6.14. The maximum absolute atomic E-state index is 11.1. The fourth-order valence-electron chi connectivity index (χ4n) is 3.95. The lowest BCUT2D eigenvalue weighted by Gasteiger charge is -2.43. The summed E-state index contributed by atoms with van der Waals surface area (Å²) in [6.45, 7) is 2.91. The molecule has 0 aliphatic carbocycles. The number of ether oxygens (including phenoxy) is 1. The van der Waals surface area contributed by atoms with Gasteiger partial charge in [0.2, 0.25) is 0 Å². The van der Waals surface area contributed by atoms with Gasteiger partial charge in [-0.05, 0) is 43.5 Å². The van der Waals surface area contributed by atoms with E-state index in [4.69, 9.17) is 9.84 Å². The Kier molecular flexibility index (Phi) is 3.77. The van der Waals surface area contributed by atoms with Crippen molar-refractivity contribution in [3.8, 4) is 0 Å². The van der Waals surface area contributed by atoms with Crippen LogP contribution in [0, 0.1) is 12.8 Å². The first-order valence-corrected chi connectivity index (χ1v) is 8.45. The van der Waals surface area contributed by atoms with Crippen LogP contribution in [0.4, 0.5) is 5.69 Å². The number of carboxylic acids is 1. The predicted octanol–water partition coefficient (Wildman–Crippen LogP) is 4.33. The molecule has 124 valence electrons. The Bertz CT molecular complexity index is 769. The molecule has 0 spiro atoms. The number of hydrogen-bond donors (Lipinski definition) is 2. The van der Waals surface area contributed by atoms with Crippen LogP contribution in [0.3, 0.4) is 0 Å². The molecule has 0 radical (unpaired) electrons. The van der Waals surface area contributed by atoms with Crippen molar-refractivity contribution >= 4 is 11.7 Å². The largest absolute Gasteiger partial charge is 0.478 e. The number of nitrogens with one attached hydrogen (secondary N) is 1. The zero-order chi connectivity index (χ0) is 16.7. The molecule has 3 atom stereocenters. The molecule has 2 N–H and O–H groups in total. The smallest absolute Gasteiger partial charge is 0.335 e. The number of hydrogen-bond acceptors (Lipinski definition) is 3. The third-order valence-electron chi connectivity index (χ3n) is 5.14. The molecule has 0 aromatic heterocycles. The third-order valence-corrected chi connectivity index (χ3v) is 5.14. The Balaban J connectivity index is 1.73. The van der Waals surface area contributed by atoms with E-state index in [9.17, 15) is 4.79 Å². The molecule has 24 heavy (non-hydrogen) atoms. The van der Waals surface area contributed by atoms with Crippen molar-refractivity contribution in [1.29, 1.82) is 0 Å². The topological polar surface area (TPSA) is 58.6 Å². The van der Waals surface area contributed by atoms with E-state index in [0.717, 1.165) is 30.7 Å². The number of carbonyl (C=O) groups is 1. The van der Waals surface area contributed by atoms with Gasteiger partial charge in [0.15, 0.2) is 0 Å². The first-order valence-electron chi connectivity index (χ1n) is 8.45. The van der Waals surface area contributed by atoms with Gasteiger partial charge in [0.25, 0.3) is 0 Å². The van der Waals surface area contributed by atoms with E-state index in [1.54, 1.807) is 12.1 Å². The molecule has 2 aromatic carbocycles. The Hall–Kier alpha value is -2.33. The number of aryl methyl sites for hydroxylation is 1. The number of fused-ring (bicyclic) bond motifs is 3. The normalized spacial score (nSPS) is 25.3. The molecule has 2 aliphatic heterocycles. The summed E-state index contributed by atoms with van der Waals surface area (Å²) in [7, 11) is 0. The van der Waals surface area contributed by atoms with Crippen molar-refractivity contribution in [1.82, 2.24) is 0 Å². The van der Waals surface area contributed by atoms with Crippen molar-refractivity contribution < 1.29 is 14.6 Å². The molecule has 2 aliphatic rings. The first kappa shape index (κ1) is 15.2. The Morgan fingerprint density at radius 1 is 1.21 bits per heavy atom. The summed E-state index contributed by atoms with van der Waals surface area (Å²) in [5.41, 5.74) is 5.05. The molecule has 4 nitrogen and oxygen atoms in total. The molecule has 2 aromatic rings. The lowest BCUT2D eigenvalue weighted by Crippen LogP contribution is -2.36. The van der Waals surface area contributed by atoms with E-state index < -0.39 is 5.97 Å². The van der Waals surface area contributed by atoms with Crippen LogP contribution in [0.1, 0.15) is 52.0 Å². The fraction of sp³-hybridized carbons (Fsp3) is 0.350. The van der Waals surface area contributed by atoms with Gasteiger partial charge < -0.3 is 15.2 Å². The monoisotopic (exact) mass is 323 g/mol. The van der Waals surface area contributed by atoms with Gasteiger partial charge in [-0.25, -0.2) is 4.79 Å². The van der Waals surface area contributed by atoms with E-state index in [1.165, 1.54) is 11.1 Å². The lowest BCUT2D eigenvalue weighted by atomic mass is 9.77. The van der Waals surface area contributed by atoms with Crippen molar-refractivity contribution in [3.05, 3.63) is 64.7 Å². The molecule has 2 heterocycles. The molecular weight excluding hydrogens is 302 g/mol. The zero-order valence-corrected chi connectivity index (χ0v) is 13.7. The average molecular weight is 323 g/mol. The molecule has 1 saturated heterocycles. The van der Waals surface area contributed by atoms with Crippen LogP contribution in [0.25, 0.3) is 0 Å². The SMILES string of the molecule is Cc1ccc2c(c1)[C@@H]1OCCC[C@@H]1[C@H](c1ccc(C(=O)O)cc1)N2. The van der Waals surface area contributed by atoms with Gasteiger partial charge in [-0.1, -0.05) is 29.8 Å². The predicted molar refractivity (Wildman–Crippen MR) is 92.4 cm³/mol. The molecule has 0 amide bonds. The lowest BCUT2D eigenvalue weighted by molar-refractivity contribution is -0.0381. The average Bonchev–Trinajstić information content (AvgIpc) is 2.61. The minimum atomic E-state index is -0.891. The van der Waals surface area contributed by atoms with Gasteiger partial charge in [-0.15, -0.1) is 0 Å². The minimum Gasteiger partial charge on any atom is -0.478 e. The molecule has 4 heteroatoms. The van der Waals surface area contributed by atoms with Crippen molar-refractivity contribution in [2.75, 3.05) is 11.9 Å². The quantitative estimate of drug-likeness (QED) is 0.864. The van der Waals surface area contributed by atoms with Crippen molar-refractivity contribution in [3.63, 3.8) is 0 Å².